The molecule has 2 rings (SSSR count). The lowest BCUT2D eigenvalue weighted by molar-refractivity contribution is 0.860. The number of hydrogen-bond acceptors (Lipinski definition) is 4. The molecule has 0 saturated carbocycles. The summed E-state index contributed by atoms with van der Waals surface area (Å²) in [6.07, 6.45) is 0. The number of hydrogen-bond donors (Lipinski definition) is 0. The summed E-state index contributed by atoms with van der Waals surface area (Å²) in [6.45, 7) is 0. The lowest BCUT2D eigenvalue weighted by Crippen LogP contribution is -2.34. The van der Waals surface area contributed by atoms with E-state index >= 15 is 0 Å². The average Bonchev–Trinajstić information content (AvgIpc) is 2.23. The van der Waals surface area contributed by atoms with Gasteiger partial charge in [-0.2, -0.15) is 0 Å². The minimum absolute atomic E-state index is 0.0199. The summed E-state index contributed by atoms with van der Waals surface area (Å²) < 4.78 is 0. The molecule has 0 spiro atoms. The second kappa shape index (κ2) is 2.92. The van der Waals surface area contributed by atoms with Crippen molar-refractivity contribution >= 4 is 67.9 Å². The van der Waals surface area contributed by atoms with Crippen molar-refractivity contribution in [1.82, 2.24) is 0 Å². The molecule has 2 heterocycles. The van der Waals surface area contributed by atoms with E-state index in [1.165, 1.54) is 0 Å². The van der Waals surface area contributed by atoms with Gasteiger partial charge < -0.3 is 0 Å². The molecule has 0 aromatic carbocycles. The Morgan fingerprint density at radius 2 is 1.46 bits per heavy atom. The van der Waals surface area contributed by atoms with Gasteiger partial charge in [0.25, 0.3) is 5.12 Å². The Morgan fingerprint density at radius 3 is 2.08 bits per heavy atom. The molecule has 0 aliphatic carbocycles. The maximum absolute atomic E-state index is 5.92. The van der Waals surface area contributed by atoms with Gasteiger partial charge in [0.05, 0.1) is 0 Å². The number of nitrogens with zero attached hydrogens (tertiary/aromatic N) is 4. The predicted octanol–water partition coefficient (Wildman–Crippen LogP) is 2.17. The van der Waals surface area contributed by atoms with Crippen LogP contribution in [0.2, 0.25) is 0 Å². The van der Waals surface area contributed by atoms with Crippen LogP contribution < -0.4 is 0 Å². The highest BCUT2D eigenvalue weighted by Crippen LogP contribution is 2.32. The van der Waals surface area contributed by atoms with E-state index in [-0.39, 0.29) is 21.5 Å². The van der Waals surface area contributed by atoms with Crippen molar-refractivity contribution < 1.29 is 0 Å². The molecule has 1 atom stereocenters. The average molecular weight is 258 g/mol. The number of aliphatic imine (C=N–C) groups is 4. The molecule has 0 aromatic rings. The first-order chi connectivity index (χ1) is 6.01. The summed E-state index contributed by atoms with van der Waals surface area (Å²) in [5.41, 5.74) is 0.199. The summed E-state index contributed by atoms with van der Waals surface area (Å²) >= 11 is 22.7. The van der Waals surface area contributed by atoms with Crippen LogP contribution in [0, 0.1) is 0 Å². The molecule has 4 nitrogen and oxygen atoms in total. The van der Waals surface area contributed by atoms with Gasteiger partial charge in [0.1, 0.15) is 5.71 Å². The van der Waals surface area contributed by atoms with Gasteiger partial charge in [-0.3, -0.25) is 0 Å². The van der Waals surface area contributed by atoms with Gasteiger partial charge in [-0.15, -0.1) is 0 Å². The highest BCUT2D eigenvalue weighted by atomic mass is 35.5. The third kappa shape index (κ3) is 1.48. The summed E-state index contributed by atoms with van der Waals surface area (Å²) in [4.78, 5) is 14.9. The van der Waals surface area contributed by atoms with E-state index in [4.69, 9.17) is 46.4 Å². The Hall–Kier alpha value is -0.160. The van der Waals surface area contributed by atoms with E-state index in [1.54, 1.807) is 0 Å². The van der Waals surface area contributed by atoms with E-state index < -0.39 is 5.12 Å². The molecule has 0 amide bonds. The van der Waals surface area contributed by atoms with Crippen molar-refractivity contribution in [2.45, 2.75) is 5.12 Å². The molecule has 1 unspecified atom stereocenters. The van der Waals surface area contributed by atoms with Crippen molar-refractivity contribution in [3.63, 3.8) is 0 Å². The zero-order valence-electron chi connectivity index (χ0n) is 5.80. The van der Waals surface area contributed by atoms with Gasteiger partial charge >= 0.3 is 0 Å². The van der Waals surface area contributed by atoms with Crippen LogP contribution in [0.15, 0.2) is 20.0 Å². The van der Waals surface area contributed by atoms with Crippen molar-refractivity contribution in [2.24, 2.45) is 20.0 Å². The van der Waals surface area contributed by atoms with E-state index in [0.717, 1.165) is 0 Å². The predicted molar refractivity (Wildman–Crippen MR) is 55.9 cm³/mol. The highest BCUT2D eigenvalue weighted by molar-refractivity contribution is 6.90. The summed E-state index contributed by atoms with van der Waals surface area (Å²) in [6, 6.07) is 0. The first kappa shape index (κ1) is 9.40. The van der Waals surface area contributed by atoms with Crippen LogP contribution in [0.5, 0.6) is 0 Å². The van der Waals surface area contributed by atoms with E-state index in [1.807, 2.05) is 0 Å². The molecule has 8 heteroatoms. The fraction of sp³-hybridized carbons (Fsp3) is 0.200. The van der Waals surface area contributed by atoms with Gasteiger partial charge in [-0.1, -0.05) is 23.2 Å². The Kier molecular flexibility index (Phi) is 2.11. The maximum Gasteiger partial charge on any atom is 0.278 e. The van der Waals surface area contributed by atoms with Gasteiger partial charge in [-0.05, 0) is 23.2 Å². The first-order valence-corrected chi connectivity index (χ1v) is 4.56. The van der Waals surface area contributed by atoms with Crippen molar-refractivity contribution in [1.29, 1.82) is 0 Å². The van der Waals surface area contributed by atoms with Gasteiger partial charge in [0.15, 0.2) is 5.17 Å². The zero-order valence-corrected chi connectivity index (χ0v) is 8.82. The molecule has 0 radical (unpaired) electrons. The minimum Gasteiger partial charge on any atom is -0.214 e. The van der Waals surface area contributed by atoms with Crippen LogP contribution in [0.3, 0.4) is 0 Å². The van der Waals surface area contributed by atoms with Crippen molar-refractivity contribution in [3.05, 3.63) is 0 Å². The monoisotopic (exact) mass is 256 g/mol. The zero-order chi connectivity index (χ0) is 9.64. The molecule has 68 valence electrons. The molecule has 13 heavy (non-hydrogen) atoms. The van der Waals surface area contributed by atoms with Gasteiger partial charge in [-0.25, -0.2) is 20.0 Å². The topological polar surface area (TPSA) is 49.4 Å². The number of alkyl halides is 1. The fourth-order valence-corrected chi connectivity index (χ4v) is 2.04. The van der Waals surface area contributed by atoms with Crippen molar-refractivity contribution in [2.75, 3.05) is 0 Å². The summed E-state index contributed by atoms with van der Waals surface area (Å²) in [7, 11) is 0. The minimum atomic E-state index is -1.42. The van der Waals surface area contributed by atoms with E-state index in [9.17, 15) is 0 Å². The highest BCUT2D eigenvalue weighted by Gasteiger charge is 2.43. The molecular weight excluding hydrogens is 258 g/mol. The van der Waals surface area contributed by atoms with Gasteiger partial charge in [0, 0.05) is 0 Å². The quantitative estimate of drug-likeness (QED) is 0.472. The second-order valence-corrected chi connectivity index (χ2v) is 3.77. The Labute approximate surface area is 93.0 Å². The molecule has 0 fully saturated rings. The Balaban J connectivity index is 2.58. The largest absolute Gasteiger partial charge is 0.278 e. The molecule has 0 N–H and O–H groups in total. The second-order valence-electron chi connectivity index (χ2n) is 2.21. The molecule has 0 aromatic heterocycles. The van der Waals surface area contributed by atoms with E-state index in [2.05, 4.69) is 20.0 Å². The Bertz CT molecular complexity index is 395. The molecule has 0 bridgehead atoms. The first-order valence-electron chi connectivity index (χ1n) is 3.04. The normalized spacial score (nSPS) is 31.7. The molecular formula is C5Cl4N4. The van der Waals surface area contributed by atoms with Crippen LogP contribution in [0.1, 0.15) is 0 Å². The number of rotatable bonds is 0. The SMILES string of the molecule is ClC1=NC2(Cl)N=C(Cl)N=C2C(Cl)=N1. The molecule has 2 aliphatic heterocycles. The smallest absolute Gasteiger partial charge is 0.214 e. The maximum atomic E-state index is 5.92. The van der Waals surface area contributed by atoms with Crippen LogP contribution in [-0.2, 0) is 0 Å². The Morgan fingerprint density at radius 1 is 0.923 bits per heavy atom. The number of fused-ring (bicyclic) bond motifs is 1. The molecule has 2 aliphatic rings. The third-order valence-electron chi connectivity index (χ3n) is 1.37. The fourth-order valence-electron chi connectivity index (χ4n) is 0.900. The lowest BCUT2D eigenvalue weighted by atomic mass is 10.3. The summed E-state index contributed by atoms with van der Waals surface area (Å²) in [5.74, 6) is 0. The standard InChI is InChI=1S/C5Cl4N4/c6-2-1-5(9,12-3(7)10-1)13-4(8)11-2. The van der Waals surface area contributed by atoms with Crippen LogP contribution in [-0.4, -0.2) is 26.6 Å². The van der Waals surface area contributed by atoms with Crippen LogP contribution in [0.25, 0.3) is 0 Å². The van der Waals surface area contributed by atoms with E-state index in [0.29, 0.717) is 0 Å². The number of amidine groups is 2. The van der Waals surface area contributed by atoms with Crippen LogP contribution >= 0.6 is 46.4 Å². The van der Waals surface area contributed by atoms with Gasteiger partial charge in [0.2, 0.25) is 10.6 Å². The van der Waals surface area contributed by atoms with Crippen molar-refractivity contribution in [3.8, 4) is 0 Å². The molecule has 0 saturated heterocycles. The third-order valence-corrected chi connectivity index (χ3v) is 2.32. The van der Waals surface area contributed by atoms with Crippen LogP contribution in [0.4, 0.5) is 0 Å². The summed E-state index contributed by atoms with van der Waals surface area (Å²) in [5, 5.41) is -1.47. The lowest BCUT2D eigenvalue weighted by Gasteiger charge is -2.17. The number of halogens is 4.